The van der Waals surface area contributed by atoms with Gasteiger partial charge in [-0.25, -0.2) is 8.78 Å². The molecule has 0 amide bonds. The van der Waals surface area contributed by atoms with Crippen LogP contribution in [0.25, 0.3) is 0 Å². The van der Waals surface area contributed by atoms with Crippen LogP contribution in [-0.2, 0) is 0 Å². The monoisotopic (exact) mass is 283 g/mol. The zero-order valence-electron chi connectivity index (χ0n) is 9.91. The average Bonchev–Trinajstić information content (AvgIpc) is 2.36. The average molecular weight is 284 g/mol. The molecular formula is C14H12ClF2NO. The van der Waals surface area contributed by atoms with Gasteiger partial charge in [0.25, 0.3) is 0 Å². The largest absolute Gasteiger partial charge is 0.387 e. The number of benzene rings is 2. The van der Waals surface area contributed by atoms with E-state index in [4.69, 9.17) is 11.6 Å². The fourth-order valence-corrected chi connectivity index (χ4v) is 1.89. The highest BCUT2D eigenvalue weighted by Gasteiger charge is 2.08. The molecule has 0 fully saturated rings. The molecule has 5 heteroatoms. The lowest BCUT2D eigenvalue weighted by molar-refractivity contribution is 0.191. The molecule has 100 valence electrons. The van der Waals surface area contributed by atoms with Gasteiger partial charge in [0.05, 0.1) is 6.10 Å². The maximum Gasteiger partial charge on any atom is 0.126 e. The van der Waals surface area contributed by atoms with Gasteiger partial charge in [-0.05, 0) is 35.9 Å². The van der Waals surface area contributed by atoms with Crippen LogP contribution in [0.3, 0.4) is 0 Å². The Labute approximate surface area is 114 Å². The van der Waals surface area contributed by atoms with Gasteiger partial charge in [0.15, 0.2) is 0 Å². The van der Waals surface area contributed by atoms with E-state index in [0.717, 1.165) is 0 Å². The van der Waals surface area contributed by atoms with E-state index in [2.05, 4.69) is 5.32 Å². The van der Waals surface area contributed by atoms with Crippen molar-refractivity contribution in [1.29, 1.82) is 0 Å². The molecule has 0 saturated carbocycles. The second kappa shape index (κ2) is 5.99. The summed E-state index contributed by atoms with van der Waals surface area (Å²) >= 11 is 5.72. The van der Waals surface area contributed by atoms with E-state index < -0.39 is 11.9 Å². The van der Waals surface area contributed by atoms with Crippen molar-refractivity contribution >= 4 is 17.3 Å². The molecule has 0 spiro atoms. The summed E-state index contributed by atoms with van der Waals surface area (Å²) in [6.45, 7) is 0.172. The van der Waals surface area contributed by atoms with Gasteiger partial charge in [0.2, 0.25) is 0 Å². The van der Waals surface area contributed by atoms with Crippen molar-refractivity contribution in [2.24, 2.45) is 0 Å². The van der Waals surface area contributed by atoms with Crippen LogP contribution in [0.2, 0.25) is 5.02 Å². The molecule has 0 saturated heterocycles. The minimum atomic E-state index is -0.817. The molecule has 1 atom stereocenters. The van der Waals surface area contributed by atoms with E-state index >= 15 is 0 Å². The highest BCUT2D eigenvalue weighted by Crippen LogP contribution is 2.20. The van der Waals surface area contributed by atoms with E-state index in [1.165, 1.54) is 36.4 Å². The molecule has 0 heterocycles. The number of halogens is 3. The van der Waals surface area contributed by atoms with Gasteiger partial charge < -0.3 is 10.4 Å². The summed E-state index contributed by atoms with van der Waals surface area (Å²) in [5.41, 5.74) is 1.06. The Balaban J connectivity index is 1.99. The molecule has 2 aromatic rings. The van der Waals surface area contributed by atoms with Crippen molar-refractivity contribution in [2.45, 2.75) is 6.10 Å². The van der Waals surface area contributed by atoms with Crippen molar-refractivity contribution in [3.8, 4) is 0 Å². The Hall–Kier alpha value is -1.65. The van der Waals surface area contributed by atoms with Crippen LogP contribution < -0.4 is 5.32 Å². The lowest BCUT2D eigenvalue weighted by Gasteiger charge is -2.13. The molecule has 0 aliphatic heterocycles. The summed E-state index contributed by atoms with van der Waals surface area (Å²) in [5.74, 6) is -0.813. The Bertz CT molecular complexity index is 540. The number of anilines is 1. The fraction of sp³-hybridized carbons (Fsp3) is 0.143. The molecular weight excluding hydrogens is 272 g/mol. The van der Waals surface area contributed by atoms with Gasteiger partial charge in [-0.2, -0.15) is 0 Å². The molecule has 0 aromatic heterocycles. The molecule has 2 rings (SSSR count). The number of nitrogens with one attached hydrogen (secondary N) is 1. The van der Waals surface area contributed by atoms with Crippen molar-refractivity contribution in [3.05, 3.63) is 64.7 Å². The second-order valence-electron chi connectivity index (χ2n) is 4.11. The van der Waals surface area contributed by atoms with Gasteiger partial charge in [0, 0.05) is 17.3 Å². The predicted octanol–water partition coefficient (Wildman–Crippen LogP) is 3.76. The molecule has 0 radical (unpaired) electrons. The highest BCUT2D eigenvalue weighted by molar-refractivity contribution is 6.30. The Morgan fingerprint density at radius 1 is 1.05 bits per heavy atom. The molecule has 0 bridgehead atoms. The van der Waals surface area contributed by atoms with Gasteiger partial charge in [0.1, 0.15) is 11.6 Å². The number of hydrogen-bond donors (Lipinski definition) is 2. The molecule has 2 aromatic carbocycles. The third-order valence-corrected chi connectivity index (χ3v) is 2.84. The Morgan fingerprint density at radius 2 is 1.74 bits per heavy atom. The molecule has 2 N–H and O–H groups in total. The molecule has 0 aliphatic carbocycles. The van der Waals surface area contributed by atoms with E-state index in [1.54, 1.807) is 6.07 Å². The van der Waals surface area contributed by atoms with Gasteiger partial charge in [-0.15, -0.1) is 0 Å². The molecule has 2 nitrogen and oxygen atoms in total. The fourth-order valence-electron chi connectivity index (χ4n) is 1.67. The van der Waals surface area contributed by atoms with E-state index in [0.29, 0.717) is 11.3 Å². The first kappa shape index (κ1) is 13.8. The summed E-state index contributed by atoms with van der Waals surface area (Å²) in [4.78, 5) is 0. The van der Waals surface area contributed by atoms with Crippen LogP contribution in [0.4, 0.5) is 14.5 Å². The van der Waals surface area contributed by atoms with Crippen molar-refractivity contribution in [3.63, 3.8) is 0 Å². The zero-order chi connectivity index (χ0) is 13.8. The van der Waals surface area contributed by atoms with Crippen molar-refractivity contribution in [1.82, 2.24) is 0 Å². The Kier molecular flexibility index (Phi) is 4.35. The highest BCUT2D eigenvalue weighted by atomic mass is 35.5. The molecule has 19 heavy (non-hydrogen) atoms. The SMILES string of the molecule is OC(CNc1cc(F)cc(Cl)c1)c1ccc(F)cc1. The van der Waals surface area contributed by atoms with Crippen LogP contribution in [0.15, 0.2) is 42.5 Å². The maximum absolute atomic E-state index is 13.1. The topological polar surface area (TPSA) is 32.3 Å². The first-order chi connectivity index (χ1) is 9.04. The predicted molar refractivity (Wildman–Crippen MR) is 71.3 cm³/mol. The van der Waals surface area contributed by atoms with Crippen molar-refractivity contribution in [2.75, 3.05) is 11.9 Å². The Morgan fingerprint density at radius 3 is 2.37 bits per heavy atom. The van der Waals surface area contributed by atoms with Crippen LogP contribution in [0, 0.1) is 11.6 Å². The minimum absolute atomic E-state index is 0.172. The number of aliphatic hydroxyl groups is 1. The summed E-state index contributed by atoms with van der Waals surface area (Å²) in [5, 5.41) is 13.0. The zero-order valence-corrected chi connectivity index (χ0v) is 10.7. The number of aliphatic hydroxyl groups excluding tert-OH is 1. The van der Waals surface area contributed by atoms with Gasteiger partial charge in [-0.3, -0.25) is 0 Å². The first-order valence-corrected chi connectivity index (χ1v) is 6.06. The van der Waals surface area contributed by atoms with Crippen LogP contribution in [0.5, 0.6) is 0 Å². The summed E-state index contributed by atoms with van der Waals surface area (Å²) in [6.07, 6.45) is -0.817. The summed E-state index contributed by atoms with van der Waals surface area (Å²) in [7, 11) is 0. The van der Waals surface area contributed by atoms with Crippen LogP contribution >= 0.6 is 11.6 Å². The molecule has 0 aliphatic rings. The van der Waals surface area contributed by atoms with Crippen LogP contribution in [0.1, 0.15) is 11.7 Å². The van der Waals surface area contributed by atoms with E-state index in [-0.39, 0.29) is 17.4 Å². The van der Waals surface area contributed by atoms with E-state index in [9.17, 15) is 13.9 Å². The van der Waals surface area contributed by atoms with E-state index in [1.807, 2.05) is 0 Å². The summed E-state index contributed by atoms with van der Waals surface area (Å²) < 4.78 is 25.8. The lowest BCUT2D eigenvalue weighted by atomic mass is 10.1. The lowest BCUT2D eigenvalue weighted by Crippen LogP contribution is -2.12. The minimum Gasteiger partial charge on any atom is -0.387 e. The first-order valence-electron chi connectivity index (χ1n) is 5.68. The second-order valence-corrected chi connectivity index (χ2v) is 4.54. The quantitative estimate of drug-likeness (QED) is 0.895. The van der Waals surface area contributed by atoms with Crippen molar-refractivity contribution < 1.29 is 13.9 Å². The normalized spacial score (nSPS) is 12.2. The third-order valence-electron chi connectivity index (χ3n) is 2.62. The number of hydrogen-bond acceptors (Lipinski definition) is 2. The third kappa shape index (κ3) is 3.91. The van der Waals surface area contributed by atoms with Gasteiger partial charge >= 0.3 is 0 Å². The standard InChI is InChI=1S/C14H12ClF2NO/c15-10-5-12(17)7-13(6-10)18-8-14(19)9-1-3-11(16)4-2-9/h1-7,14,18-19H,8H2. The van der Waals surface area contributed by atoms with Gasteiger partial charge in [-0.1, -0.05) is 23.7 Å². The summed E-state index contributed by atoms with van der Waals surface area (Å²) in [6, 6.07) is 9.59. The smallest absolute Gasteiger partial charge is 0.126 e. The molecule has 1 unspecified atom stereocenters. The van der Waals surface area contributed by atoms with Crippen LogP contribution in [-0.4, -0.2) is 11.7 Å². The maximum atomic E-state index is 13.1. The number of rotatable bonds is 4.